The van der Waals surface area contributed by atoms with Gasteiger partial charge in [-0.05, 0) is 6.42 Å². The Morgan fingerprint density at radius 2 is 2.09 bits per heavy atom. The van der Waals surface area contributed by atoms with Gasteiger partial charge in [-0.25, -0.2) is 0 Å². The lowest BCUT2D eigenvalue weighted by Crippen LogP contribution is -2.21. The molecule has 0 unspecified atom stereocenters. The van der Waals surface area contributed by atoms with Gasteiger partial charge in [-0.2, -0.15) is 0 Å². The molecule has 0 aromatic rings. The van der Waals surface area contributed by atoms with Crippen molar-refractivity contribution in [1.29, 1.82) is 0 Å². The minimum Gasteiger partial charge on any atom is -0.403 e. The second-order valence-corrected chi connectivity index (χ2v) is 1.93. The highest BCUT2D eigenvalue weighted by Crippen LogP contribution is 1.94. The van der Waals surface area contributed by atoms with Crippen LogP contribution in [0.5, 0.6) is 0 Å². The molecule has 0 aliphatic carbocycles. The van der Waals surface area contributed by atoms with Gasteiger partial charge >= 0.3 is 0 Å². The standard InChI is InChI=1S/C6H11N3O2/c7-3-5(8)1-2-6(11)9-4-10/h3-4H,1-2,7-8H2,(H,9,10,11)/b5-3+. The summed E-state index contributed by atoms with van der Waals surface area (Å²) in [6.45, 7) is 0. The summed E-state index contributed by atoms with van der Waals surface area (Å²) in [6, 6.07) is 0. The smallest absolute Gasteiger partial charge is 0.226 e. The van der Waals surface area contributed by atoms with Crippen LogP contribution in [0, 0.1) is 0 Å². The van der Waals surface area contributed by atoms with Crippen LogP contribution >= 0.6 is 0 Å². The summed E-state index contributed by atoms with van der Waals surface area (Å²) in [7, 11) is 0. The third-order valence-corrected chi connectivity index (χ3v) is 1.07. The molecule has 0 rings (SSSR count). The van der Waals surface area contributed by atoms with E-state index in [1.807, 2.05) is 5.32 Å². The van der Waals surface area contributed by atoms with Crippen LogP contribution in [0.15, 0.2) is 11.9 Å². The van der Waals surface area contributed by atoms with E-state index < -0.39 is 0 Å². The van der Waals surface area contributed by atoms with Crippen molar-refractivity contribution in [1.82, 2.24) is 5.32 Å². The van der Waals surface area contributed by atoms with Crippen LogP contribution in [-0.4, -0.2) is 12.3 Å². The fourth-order valence-electron chi connectivity index (χ4n) is 0.479. The van der Waals surface area contributed by atoms with Crippen molar-refractivity contribution in [2.75, 3.05) is 0 Å². The summed E-state index contributed by atoms with van der Waals surface area (Å²) in [5.41, 5.74) is 10.8. The quantitative estimate of drug-likeness (QED) is 0.446. The number of carbonyl (C=O) groups is 2. The Kier molecular flexibility index (Phi) is 4.55. The zero-order valence-corrected chi connectivity index (χ0v) is 6.04. The normalized spacial score (nSPS) is 10.7. The first-order valence-corrected chi connectivity index (χ1v) is 3.10. The molecule has 5 nitrogen and oxygen atoms in total. The molecule has 0 bridgehead atoms. The molecule has 11 heavy (non-hydrogen) atoms. The fraction of sp³-hybridized carbons (Fsp3) is 0.333. The van der Waals surface area contributed by atoms with Gasteiger partial charge in [0, 0.05) is 18.3 Å². The predicted molar refractivity (Wildman–Crippen MR) is 39.9 cm³/mol. The predicted octanol–water partition coefficient (Wildman–Crippen LogP) is -1.20. The lowest BCUT2D eigenvalue weighted by molar-refractivity contribution is -0.125. The van der Waals surface area contributed by atoms with E-state index >= 15 is 0 Å². The van der Waals surface area contributed by atoms with Gasteiger partial charge in [-0.3, -0.25) is 14.9 Å². The first kappa shape index (κ1) is 9.48. The molecule has 5 heteroatoms. The van der Waals surface area contributed by atoms with Gasteiger partial charge in [0.1, 0.15) is 0 Å². The molecule has 62 valence electrons. The average Bonchev–Trinajstić information content (AvgIpc) is 2.01. The fourth-order valence-corrected chi connectivity index (χ4v) is 0.479. The van der Waals surface area contributed by atoms with Crippen LogP contribution in [-0.2, 0) is 9.59 Å². The molecule has 0 aliphatic rings. The summed E-state index contributed by atoms with van der Waals surface area (Å²) < 4.78 is 0. The van der Waals surface area contributed by atoms with Crippen LogP contribution in [0.4, 0.5) is 0 Å². The highest BCUT2D eigenvalue weighted by atomic mass is 16.2. The third-order valence-electron chi connectivity index (χ3n) is 1.07. The number of amides is 2. The molecule has 0 spiro atoms. The molecule has 5 N–H and O–H groups in total. The Bertz CT molecular complexity index is 177. The molecule has 0 radical (unpaired) electrons. The summed E-state index contributed by atoms with van der Waals surface area (Å²) in [6.07, 6.45) is 2.12. The van der Waals surface area contributed by atoms with Crippen molar-refractivity contribution < 1.29 is 9.59 Å². The molecule has 0 fully saturated rings. The molecule has 2 amide bonds. The molecule has 0 atom stereocenters. The highest BCUT2D eigenvalue weighted by molar-refractivity contribution is 5.85. The maximum atomic E-state index is 10.6. The molecule has 0 aliphatic heterocycles. The third kappa shape index (κ3) is 4.95. The maximum Gasteiger partial charge on any atom is 0.226 e. The van der Waals surface area contributed by atoms with Crippen LogP contribution in [0.3, 0.4) is 0 Å². The van der Waals surface area contributed by atoms with Gasteiger partial charge in [0.2, 0.25) is 12.3 Å². The first-order valence-electron chi connectivity index (χ1n) is 3.10. The van der Waals surface area contributed by atoms with E-state index in [9.17, 15) is 9.59 Å². The van der Waals surface area contributed by atoms with Gasteiger partial charge in [-0.1, -0.05) is 0 Å². The van der Waals surface area contributed by atoms with Gasteiger partial charge in [-0.15, -0.1) is 0 Å². The summed E-state index contributed by atoms with van der Waals surface area (Å²) in [4.78, 5) is 20.3. The first-order chi connectivity index (χ1) is 5.20. The van der Waals surface area contributed by atoms with Crippen molar-refractivity contribution in [2.24, 2.45) is 11.5 Å². The molecule has 0 saturated carbocycles. The molecule has 0 aromatic heterocycles. The minimum absolute atomic E-state index is 0.179. The van der Waals surface area contributed by atoms with Crippen molar-refractivity contribution in [3.05, 3.63) is 11.9 Å². The van der Waals surface area contributed by atoms with Crippen molar-refractivity contribution >= 4 is 12.3 Å². The number of nitrogens with two attached hydrogens (primary N) is 2. The van der Waals surface area contributed by atoms with Crippen LogP contribution in [0.1, 0.15) is 12.8 Å². The topological polar surface area (TPSA) is 98.2 Å². The van der Waals surface area contributed by atoms with Gasteiger partial charge in [0.05, 0.1) is 0 Å². The van der Waals surface area contributed by atoms with Gasteiger partial charge in [0.25, 0.3) is 0 Å². The molecular weight excluding hydrogens is 146 g/mol. The Labute approximate surface area is 64.4 Å². The largest absolute Gasteiger partial charge is 0.403 e. The van der Waals surface area contributed by atoms with E-state index in [1.165, 1.54) is 6.20 Å². The second-order valence-electron chi connectivity index (χ2n) is 1.93. The second kappa shape index (κ2) is 5.28. The van der Waals surface area contributed by atoms with Crippen LogP contribution in [0.25, 0.3) is 0 Å². The zero-order valence-electron chi connectivity index (χ0n) is 6.04. The minimum atomic E-state index is -0.357. The summed E-state index contributed by atoms with van der Waals surface area (Å²) in [5.74, 6) is -0.357. The molecular formula is C6H11N3O2. The summed E-state index contributed by atoms with van der Waals surface area (Å²) >= 11 is 0. The Morgan fingerprint density at radius 1 is 1.45 bits per heavy atom. The molecule has 0 heterocycles. The Balaban J connectivity index is 3.53. The lowest BCUT2D eigenvalue weighted by atomic mass is 10.2. The number of imide groups is 1. The van der Waals surface area contributed by atoms with E-state index in [1.54, 1.807) is 0 Å². The number of hydrogen-bond acceptors (Lipinski definition) is 4. The van der Waals surface area contributed by atoms with E-state index in [2.05, 4.69) is 0 Å². The molecule has 0 aromatic carbocycles. The van der Waals surface area contributed by atoms with Crippen molar-refractivity contribution in [3.63, 3.8) is 0 Å². The Hall–Kier alpha value is -1.52. The van der Waals surface area contributed by atoms with Crippen molar-refractivity contribution in [3.8, 4) is 0 Å². The average molecular weight is 157 g/mol. The number of allylic oxidation sites excluding steroid dienone is 1. The van der Waals surface area contributed by atoms with E-state index in [0.29, 0.717) is 18.5 Å². The summed E-state index contributed by atoms with van der Waals surface area (Å²) in [5, 5.41) is 1.98. The van der Waals surface area contributed by atoms with Gasteiger partial charge < -0.3 is 11.5 Å². The number of nitrogens with one attached hydrogen (secondary N) is 1. The monoisotopic (exact) mass is 157 g/mol. The van der Waals surface area contributed by atoms with Crippen LogP contribution in [0.2, 0.25) is 0 Å². The number of hydrogen-bond donors (Lipinski definition) is 3. The van der Waals surface area contributed by atoms with E-state index in [-0.39, 0.29) is 12.3 Å². The lowest BCUT2D eigenvalue weighted by Gasteiger charge is -1.97. The SMILES string of the molecule is N/C=C(/N)CCC(=O)NC=O. The van der Waals surface area contributed by atoms with Crippen molar-refractivity contribution in [2.45, 2.75) is 12.8 Å². The highest BCUT2D eigenvalue weighted by Gasteiger charge is 1.99. The Morgan fingerprint density at radius 3 is 2.55 bits per heavy atom. The van der Waals surface area contributed by atoms with Gasteiger partial charge in [0.15, 0.2) is 0 Å². The zero-order chi connectivity index (χ0) is 8.69. The maximum absolute atomic E-state index is 10.6. The van der Waals surface area contributed by atoms with E-state index in [0.717, 1.165) is 0 Å². The number of carbonyl (C=O) groups excluding carboxylic acids is 2. The van der Waals surface area contributed by atoms with E-state index in [4.69, 9.17) is 11.5 Å². The number of rotatable bonds is 4. The molecule has 0 saturated heterocycles. The van der Waals surface area contributed by atoms with Crippen LogP contribution < -0.4 is 16.8 Å².